The van der Waals surface area contributed by atoms with Gasteiger partial charge >= 0.3 is 12.0 Å². The minimum atomic E-state index is -1.13. The van der Waals surface area contributed by atoms with Gasteiger partial charge in [-0.1, -0.05) is 41.9 Å². The second kappa shape index (κ2) is 11.6. The Labute approximate surface area is 213 Å². The molecule has 0 saturated carbocycles. The monoisotopic (exact) mass is 513 g/mol. The van der Waals surface area contributed by atoms with Crippen LogP contribution in [-0.2, 0) is 11.3 Å². The summed E-state index contributed by atoms with van der Waals surface area (Å²) in [7, 11) is 0. The molecular weight excluding hydrogens is 486 g/mol. The molecule has 2 aromatic carbocycles. The summed E-state index contributed by atoms with van der Waals surface area (Å²) in [6.07, 6.45) is -0.404. The maximum absolute atomic E-state index is 13.3. The fourth-order valence-corrected chi connectivity index (χ4v) is 3.97. The number of pyridine rings is 1. The molecule has 0 aliphatic rings. The van der Waals surface area contributed by atoms with Crippen LogP contribution in [0.4, 0.5) is 10.5 Å². The summed E-state index contributed by atoms with van der Waals surface area (Å²) in [5.74, 6) is -0.962. The number of urea groups is 1. The number of halogens is 1. The third kappa shape index (κ3) is 6.17. The Bertz CT molecular complexity index is 1340. The summed E-state index contributed by atoms with van der Waals surface area (Å²) in [6, 6.07) is 12.0. The van der Waals surface area contributed by atoms with Crippen molar-refractivity contribution in [3.63, 3.8) is 0 Å². The number of benzene rings is 2. The van der Waals surface area contributed by atoms with E-state index in [2.05, 4.69) is 10.6 Å². The van der Waals surface area contributed by atoms with E-state index in [1.54, 1.807) is 62.4 Å². The third-order valence-corrected chi connectivity index (χ3v) is 6.15. The molecule has 4 N–H and O–H groups in total. The van der Waals surface area contributed by atoms with E-state index in [0.717, 1.165) is 0 Å². The minimum Gasteiger partial charge on any atom is -0.505 e. The number of nitrogens with one attached hydrogen (secondary N) is 2. The second-order valence-electron chi connectivity index (χ2n) is 8.17. The first-order chi connectivity index (χ1) is 17.1. The number of rotatable bonds is 9. The van der Waals surface area contributed by atoms with E-state index in [0.29, 0.717) is 39.8 Å². The van der Waals surface area contributed by atoms with Gasteiger partial charge in [0.2, 0.25) is 0 Å². The van der Waals surface area contributed by atoms with E-state index in [4.69, 9.17) is 16.3 Å². The zero-order valence-electron chi connectivity index (χ0n) is 20.2. The van der Waals surface area contributed by atoms with Crippen LogP contribution in [0.15, 0.2) is 53.3 Å². The SMILES string of the molecule is CCOc1cccc([C@H](CC(=O)O)NC(=O)Nc2c(O)c(C)c(C)n(Cc3ccccc3Cl)c2=O)c1. The predicted octanol–water partition coefficient (Wildman–Crippen LogP) is 4.61. The van der Waals surface area contributed by atoms with Gasteiger partial charge in [-0.15, -0.1) is 0 Å². The molecule has 0 aliphatic heterocycles. The summed E-state index contributed by atoms with van der Waals surface area (Å²) in [6.45, 7) is 5.69. The van der Waals surface area contributed by atoms with Gasteiger partial charge in [-0.3, -0.25) is 9.59 Å². The number of carbonyl (C=O) groups excluding carboxylic acids is 1. The first-order valence-corrected chi connectivity index (χ1v) is 11.7. The Morgan fingerprint density at radius 3 is 2.53 bits per heavy atom. The maximum atomic E-state index is 13.3. The third-order valence-electron chi connectivity index (χ3n) is 5.78. The predicted molar refractivity (Wildman–Crippen MR) is 137 cm³/mol. The molecule has 0 unspecified atom stereocenters. The lowest BCUT2D eigenvalue weighted by atomic mass is 10.0. The molecule has 1 aromatic heterocycles. The van der Waals surface area contributed by atoms with Crippen LogP contribution in [0.1, 0.15) is 41.8 Å². The quantitative estimate of drug-likeness (QED) is 0.330. The number of carboxylic acid groups (broad SMARTS) is 1. The first-order valence-electron chi connectivity index (χ1n) is 11.3. The first kappa shape index (κ1) is 26.6. The number of ether oxygens (including phenoxy) is 1. The van der Waals surface area contributed by atoms with Crippen molar-refractivity contribution in [1.82, 2.24) is 9.88 Å². The van der Waals surface area contributed by atoms with Gasteiger partial charge in [0.05, 0.1) is 25.6 Å². The summed E-state index contributed by atoms with van der Waals surface area (Å²) in [4.78, 5) is 37.6. The fraction of sp³-hybridized carbons (Fsp3) is 0.269. The van der Waals surface area contributed by atoms with E-state index >= 15 is 0 Å². The van der Waals surface area contributed by atoms with Crippen molar-refractivity contribution in [2.45, 2.75) is 39.8 Å². The molecule has 3 rings (SSSR count). The zero-order chi connectivity index (χ0) is 26.4. The number of aliphatic carboxylic acids is 1. The van der Waals surface area contributed by atoms with Crippen LogP contribution >= 0.6 is 11.6 Å². The van der Waals surface area contributed by atoms with Gasteiger partial charge in [-0.05, 0) is 50.1 Å². The van der Waals surface area contributed by atoms with E-state index in [1.807, 2.05) is 6.92 Å². The molecule has 0 saturated heterocycles. The van der Waals surface area contributed by atoms with Crippen molar-refractivity contribution >= 4 is 29.3 Å². The van der Waals surface area contributed by atoms with Gasteiger partial charge < -0.3 is 30.2 Å². The van der Waals surface area contributed by atoms with Crippen LogP contribution in [0, 0.1) is 13.8 Å². The largest absolute Gasteiger partial charge is 0.505 e. The molecule has 0 radical (unpaired) electrons. The highest BCUT2D eigenvalue weighted by molar-refractivity contribution is 6.31. The topological polar surface area (TPSA) is 130 Å². The Morgan fingerprint density at radius 2 is 1.86 bits per heavy atom. The molecule has 10 heteroatoms. The van der Waals surface area contributed by atoms with Crippen molar-refractivity contribution in [2.24, 2.45) is 0 Å². The molecule has 0 spiro atoms. The summed E-state index contributed by atoms with van der Waals surface area (Å²) in [5.41, 5.74) is 1.18. The normalized spacial score (nSPS) is 11.6. The Morgan fingerprint density at radius 1 is 1.14 bits per heavy atom. The van der Waals surface area contributed by atoms with Gasteiger partial charge in [0.1, 0.15) is 11.5 Å². The van der Waals surface area contributed by atoms with Crippen LogP contribution < -0.4 is 20.9 Å². The van der Waals surface area contributed by atoms with E-state index < -0.39 is 30.0 Å². The van der Waals surface area contributed by atoms with Crippen molar-refractivity contribution in [3.8, 4) is 11.5 Å². The number of hydrogen-bond acceptors (Lipinski definition) is 5. The van der Waals surface area contributed by atoms with Gasteiger partial charge in [-0.25, -0.2) is 4.79 Å². The number of hydrogen-bond donors (Lipinski definition) is 4. The van der Waals surface area contributed by atoms with E-state index in [1.165, 1.54) is 4.57 Å². The molecular formula is C26H28ClN3O6. The van der Waals surface area contributed by atoms with Gasteiger partial charge in [-0.2, -0.15) is 0 Å². The average molecular weight is 514 g/mol. The lowest BCUT2D eigenvalue weighted by Gasteiger charge is -2.21. The number of anilines is 1. The molecule has 36 heavy (non-hydrogen) atoms. The second-order valence-corrected chi connectivity index (χ2v) is 8.58. The lowest BCUT2D eigenvalue weighted by molar-refractivity contribution is -0.137. The van der Waals surface area contributed by atoms with Crippen molar-refractivity contribution in [1.29, 1.82) is 0 Å². The van der Waals surface area contributed by atoms with E-state index in [-0.39, 0.29) is 18.0 Å². The van der Waals surface area contributed by atoms with Crippen molar-refractivity contribution in [2.75, 3.05) is 11.9 Å². The average Bonchev–Trinajstić information content (AvgIpc) is 2.84. The Hall–Kier alpha value is -3.98. The van der Waals surface area contributed by atoms with Gasteiger partial charge in [0.25, 0.3) is 5.56 Å². The van der Waals surface area contributed by atoms with Gasteiger partial charge in [0.15, 0.2) is 5.69 Å². The molecule has 2 amide bonds. The molecule has 1 heterocycles. The Balaban J connectivity index is 1.91. The smallest absolute Gasteiger partial charge is 0.319 e. The van der Waals surface area contributed by atoms with Crippen LogP contribution in [0.5, 0.6) is 11.5 Å². The highest BCUT2D eigenvalue weighted by Gasteiger charge is 2.23. The van der Waals surface area contributed by atoms with Crippen LogP contribution in [0.3, 0.4) is 0 Å². The lowest BCUT2D eigenvalue weighted by Crippen LogP contribution is -2.36. The van der Waals surface area contributed by atoms with Crippen molar-refractivity contribution in [3.05, 3.63) is 86.3 Å². The Kier molecular flexibility index (Phi) is 8.60. The highest BCUT2D eigenvalue weighted by Crippen LogP contribution is 2.28. The number of nitrogens with zero attached hydrogens (tertiary/aromatic N) is 1. The summed E-state index contributed by atoms with van der Waals surface area (Å²) in [5, 5.41) is 25.5. The number of carbonyl (C=O) groups is 2. The highest BCUT2D eigenvalue weighted by atomic mass is 35.5. The number of carboxylic acids is 1. The summed E-state index contributed by atoms with van der Waals surface area (Å²) < 4.78 is 6.88. The van der Waals surface area contributed by atoms with Crippen LogP contribution in [-0.4, -0.2) is 33.4 Å². The van der Waals surface area contributed by atoms with Crippen LogP contribution in [0.2, 0.25) is 5.02 Å². The molecule has 9 nitrogen and oxygen atoms in total. The number of aromatic nitrogens is 1. The maximum Gasteiger partial charge on any atom is 0.319 e. The number of amides is 2. The van der Waals surface area contributed by atoms with Crippen molar-refractivity contribution < 1.29 is 24.5 Å². The standard InChI is InChI=1S/C26H28ClN3O6/c1-4-36-19-10-7-9-17(12-19)21(13-22(31)32)28-26(35)29-23-24(33)15(2)16(3)30(25(23)34)14-18-8-5-6-11-20(18)27/h5-12,21,33H,4,13-14H2,1-3H3,(H,31,32)(H2,28,29,35)/t21-/m0/s1. The molecule has 0 bridgehead atoms. The number of aromatic hydroxyl groups is 1. The molecule has 1 atom stereocenters. The van der Waals surface area contributed by atoms with Gasteiger partial charge in [0, 0.05) is 16.3 Å². The fourth-order valence-electron chi connectivity index (χ4n) is 3.77. The molecule has 0 fully saturated rings. The minimum absolute atomic E-state index is 0.133. The zero-order valence-corrected chi connectivity index (χ0v) is 20.9. The van der Waals surface area contributed by atoms with Crippen LogP contribution in [0.25, 0.3) is 0 Å². The molecule has 3 aromatic rings. The summed E-state index contributed by atoms with van der Waals surface area (Å²) >= 11 is 6.26. The molecule has 0 aliphatic carbocycles. The van der Waals surface area contributed by atoms with E-state index in [9.17, 15) is 24.6 Å². The molecule has 190 valence electrons.